The van der Waals surface area contributed by atoms with Crippen LogP contribution in [0.2, 0.25) is 0 Å². The van der Waals surface area contributed by atoms with Crippen LogP contribution in [0.3, 0.4) is 0 Å². The Labute approximate surface area is 138 Å². The van der Waals surface area contributed by atoms with E-state index in [1.165, 1.54) is 6.07 Å². The standard InChI is InChI=1S/C19H28O4/c1-5-7-8-13(6-2)11-16-14(12(3)4)9-10-15(18(20)21)17(16)19(22)23/h9-10,12-13H,5-8,11H2,1-4H3,(H,20,21)(H,22,23). The second kappa shape index (κ2) is 8.70. The molecule has 0 amide bonds. The molecule has 0 heterocycles. The zero-order valence-corrected chi connectivity index (χ0v) is 14.6. The van der Waals surface area contributed by atoms with Gasteiger partial charge in [0.05, 0.1) is 11.1 Å². The van der Waals surface area contributed by atoms with Gasteiger partial charge in [-0.05, 0) is 35.4 Å². The Morgan fingerprint density at radius 2 is 1.74 bits per heavy atom. The molecule has 1 aromatic carbocycles. The summed E-state index contributed by atoms with van der Waals surface area (Å²) in [6.07, 6.45) is 4.85. The maximum Gasteiger partial charge on any atom is 0.336 e. The van der Waals surface area contributed by atoms with Crippen LogP contribution >= 0.6 is 0 Å². The fourth-order valence-electron chi connectivity index (χ4n) is 3.08. The van der Waals surface area contributed by atoms with E-state index in [2.05, 4.69) is 13.8 Å². The first kappa shape index (κ1) is 19.2. The second-order valence-corrected chi connectivity index (χ2v) is 6.44. The Balaban J connectivity index is 3.41. The van der Waals surface area contributed by atoms with Gasteiger partial charge in [-0.15, -0.1) is 0 Å². The number of unbranched alkanes of at least 4 members (excludes halogenated alkanes) is 1. The Morgan fingerprint density at radius 1 is 1.09 bits per heavy atom. The molecule has 0 aliphatic carbocycles. The van der Waals surface area contributed by atoms with Crippen LogP contribution in [-0.2, 0) is 6.42 Å². The Morgan fingerprint density at radius 3 is 2.17 bits per heavy atom. The number of carbonyl (C=O) groups is 2. The van der Waals surface area contributed by atoms with Gasteiger partial charge in [0.15, 0.2) is 0 Å². The number of benzene rings is 1. The molecule has 1 atom stereocenters. The van der Waals surface area contributed by atoms with Crippen molar-refractivity contribution in [2.24, 2.45) is 5.92 Å². The molecular formula is C19H28O4. The van der Waals surface area contributed by atoms with Crippen LogP contribution in [0.5, 0.6) is 0 Å². The molecular weight excluding hydrogens is 292 g/mol. The quantitative estimate of drug-likeness (QED) is 0.674. The van der Waals surface area contributed by atoms with Gasteiger partial charge >= 0.3 is 11.9 Å². The summed E-state index contributed by atoms with van der Waals surface area (Å²) >= 11 is 0. The van der Waals surface area contributed by atoms with Gasteiger partial charge in [-0.2, -0.15) is 0 Å². The van der Waals surface area contributed by atoms with E-state index in [9.17, 15) is 19.8 Å². The zero-order chi connectivity index (χ0) is 17.6. The van der Waals surface area contributed by atoms with Crippen molar-refractivity contribution in [1.82, 2.24) is 0 Å². The molecule has 1 unspecified atom stereocenters. The molecule has 0 aliphatic heterocycles. The average molecular weight is 320 g/mol. The monoisotopic (exact) mass is 320 g/mol. The molecule has 0 saturated carbocycles. The van der Waals surface area contributed by atoms with E-state index in [4.69, 9.17) is 0 Å². The molecule has 1 rings (SSSR count). The van der Waals surface area contributed by atoms with Crippen molar-refractivity contribution in [3.8, 4) is 0 Å². The van der Waals surface area contributed by atoms with Crippen LogP contribution in [0.1, 0.15) is 91.1 Å². The predicted molar refractivity (Wildman–Crippen MR) is 91.5 cm³/mol. The zero-order valence-electron chi connectivity index (χ0n) is 14.6. The van der Waals surface area contributed by atoms with E-state index in [0.29, 0.717) is 17.9 Å². The smallest absolute Gasteiger partial charge is 0.336 e. The normalized spacial score (nSPS) is 12.4. The summed E-state index contributed by atoms with van der Waals surface area (Å²) < 4.78 is 0. The molecule has 0 aliphatic rings. The molecule has 4 nitrogen and oxygen atoms in total. The van der Waals surface area contributed by atoms with Crippen LogP contribution in [-0.4, -0.2) is 22.2 Å². The van der Waals surface area contributed by atoms with Crippen molar-refractivity contribution in [2.75, 3.05) is 0 Å². The van der Waals surface area contributed by atoms with Crippen molar-refractivity contribution in [2.45, 2.75) is 65.7 Å². The summed E-state index contributed by atoms with van der Waals surface area (Å²) in [6.45, 7) is 8.27. The minimum absolute atomic E-state index is 0.0290. The first-order valence-corrected chi connectivity index (χ1v) is 8.45. The van der Waals surface area contributed by atoms with Crippen molar-refractivity contribution < 1.29 is 19.8 Å². The molecule has 0 bridgehead atoms. The fourth-order valence-corrected chi connectivity index (χ4v) is 3.08. The van der Waals surface area contributed by atoms with Gasteiger partial charge in [0, 0.05) is 0 Å². The summed E-state index contributed by atoms with van der Waals surface area (Å²) in [5.74, 6) is -1.78. The van der Waals surface area contributed by atoms with E-state index in [1.807, 2.05) is 13.8 Å². The molecule has 0 radical (unpaired) electrons. The molecule has 128 valence electrons. The molecule has 0 fully saturated rings. The summed E-state index contributed by atoms with van der Waals surface area (Å²) in [6, 6.07) is 3.21. The Bertz CT molecular complexity index is 561. The Kier molecular flexibility index (Phi) is 7.27. The highest BCUT2D eigenvalue weighted by Crippen LogP contribution is 2.30. The molecule has 4 heteroatoms. The lowest BCUT2D eigenvalue weighted by Gasteiger charge is -2.22. The topological polar surface area (TPSA) is 74.6 Å². The highest BCUT2D eigenvalue weighted by atomic mass is 16.4. The molecule has 0 aromatic heterocycles. The first-order valence-electron chi connectivity index (χ1n) is 8.45. The van der Waals surface area contributed by atoms with Gasteiger partial charge in [0.2, 0.25) is 0 Å². The van der Waals surface area contributed by atoms with Crippen molar-refractivity contribution in [3.05, 3.63) is 34.4 Å². The SMILES string of the molecule is CCCCC(CC)Cc1c(C(C)C)ccc(C(=O)O)c1C(=O)O. The lowest BCUT2D eigenvalue weighted by atomic mass is 9.83. The van der Waals surface area contributed by atoms with Crippen LogP contribution in [0, 0.1) is 5.92 Å². The highest BCUT2D eigenvalue weighted by Gasteiger charge is 2.25. The van der Waals surface area contributed by atoms with Gasteiger partial charge in [0.25, 0.3) is 0 Å². The maximum atomic E-state index is 11.7. The fraction of sp³-hybridized carbons (Fsp3) is 0.579. The van der Waals surface area contributed by atoms with Crippen LogP contribution in [0.25, 0.3) is 0 Å². The Hall–Kier alpha value is -1.84. The number of carboxylic acid groups (broad SMARTS) is 2. The summed E-state index contributed by atoms with van der Waals surface area (Å²) in [4.78, 5) is 23.2. The van der Waals surface area contributed by atoms with Crippen LogP contribution < -0.4 is 0 Å². The first-order chi connectivity index (χ1) is 10.8. The largest absolute Gasteiger partial charge is 0.478 e. The van der Waals surface area contributed by atoms with Crippen molar-refractivity contribution in [1.29, 1.82) is 0 Å². The maximum absolute atomic E-state index is 11.7. The number of hydrogen-bond acceptors (Lipinski definition) is 2. The lowest BCUT2D eigenvalue weighted by Crippen LogP contribution is -2.17. The van der Waals surface area contributed by atoms with E-state index < -0.39 is 11.9 Å². The number of rotatable bonds is 9. The summed E-state index contributed by atoms with van der Waals surface area (Å²) in [5, 5.41) is 18.9. The second-order valence-electron chi connectivity index (χ2n) is 6.44. The third-order valence-electron chi connectivity index (χ3n) is 4.45. The van der Waals surface area contributed by atoms with Gasteiger partial charge in [-0.25, -0.2) is 9.59 Å². The van der Waals surface area contributed by atoms with Gasteiger partial charge in [-0.1, -0.05) is 59.4 Å². The third-order valence-corrected chi connectivity index (χ3v) is 4.45. The van der Waals surface area contributed by atoms with Crippen LogP contribution in [0.4, 0.5) is 0 Å². The van der Waals surface area contributed by atoms with Gasteiger partial charge in [0.1, 0.15) is 0 Å². The molecule has 23 heavy (non-hydrogen) atoms. The minimum Gasteiger partial charge on any atom is -0.478 e. The highest BCUT2D eigenvalue weighted by molar-refractivity contribution is 6.03. The molecule has 2 N–H and O–H groups in total. The number of aromatic carboxylic acids is 2. The predicted octanol–water partition coefficient (Wildman–Crippen LogP) is 4.97. The number of hydrogen-bond donors (Lipinski definition) is 2. The number of carboxylic acids is 2. The molecule has 0 spiro atoms. The summed E-state index contributed by atoms with van der Waals surface area (Å²) in [7, 11) is 0. The third kappa shape index (κ3) is 4.81. The summed E-state index contributed by atoms with van der Waals surface area (Å²) in [5.41, 5.74) is 1.51. The lowest BCUT2D eigenvalue weighted by molar-refractivity contribution is 0.0650. The van der Waals surface area contributed by atoms with Crippen LogP contribution in [0.15, 0.2) is 12.1 Å². The van der Waals surface area contributed by atoms with Gasteiger partial charge in [-0.3, -0.25) is 0 Å². The average Bonchev–Trinajstić information content (AvgIpc) is 2.49. The van der Waals surface area contributed by atoms with E-state index in [1.54, 1.807) is 6.07 Å². The van der Waals surface area contributed by atoms with Gasteiger partial charge < -0.3 is 10.2 Å². The van der Waals surface area contributed by atoms with Crippen molar-refractivity contribution in [3.63, 3.8) is 0 Å². The van der Waals surface area contributed by atoms with E-state index >= 15 is 0 Å². The van der Waals surface area contributed by atoms with E-state index in [0.717, 1.165) is 31.2 Å². The van der Waals surface area contributed by atoms with Crippen molar-refractivity contribution >= 4 is 11.9 Å². The minimum atomic E-state index is -1.18. The molecule has 0 saturated heterocycles. The molecule has 1 aromatic rings. The van der Waals surface area contributed by atoms with E-state index in [-0.39, 0.29) is 17.0 Å².